The highest BCUT2D eigenvalue weighted by Gasteiger charge is 2.26. The molecule has 0 aliphatic heterocycles. The molecule has 8 heteroatoms. The Labute approximate surface area is 150 Å². The second-order valence-electron chi connectivity index (χ2n) is 5.67. The van der Waals surface area contributed by atoms with Crippen LogP contribution in [0, 0.1) is 0 Å². The van der Waals surface area contributed by atoms with Crippen LogP contribution in [0.3, 0.4) is 0 Å². The van der Waals surface area contributed by atoms with Crippen molar-refractivity contribution in [2.24, 2.45) is 0 Å². The molecule has 1 N–H and O–H groups in total. The first-order valence-electron chi connectivity index (χ1n) is 8.24. The molecule has 1 heterocycles. The maximum Gasteiger partial charge on any atom is 0.341 e. The smallest absolute Gasteiger partial charge is 0.341 e. The van der Waals surface area contributed by atoms with Crippen molar-refractivity contribution in [2.75, 3.05) is 32.8 Å². The van der Waals surface area contributed by atoms with Crippen LogP contribution < -0.4 is 5.32 Å². The first kappa shape index (κ1) is 19.4. The third-order valence-corrected chi connectivity index (χ3v) is 5.13. The summed E-state index contributed by atoms with van der Waals surface area (Å²) in [7, 11) is 2.84. The number of carbonyl (C=O) groups is 3. The van der Waals surface area contributed by atoms with Gasteiger partial charge in [-0.15, -0.1) is 11.3 Å². The lowest BCUT2D eigenvalue weighted by atomic mass is 9.95. The van der Waals surface area contributed by atoms with Gasteiger partial charge >= 0.3 is 11.9 Å². The van der Waals surface area contributed by atoms with Crippen LogP contribution in [0.5, 0.6) is 0 Å². The van der Waals surface area contributed by atoms with Crippen LogP contribution >= 0.6 is 11.3 Å². The monoisotopic (exact) mass is 369 g/mol. The number of thiophene rings is 1. The van der Waals surface area contributed by atoms with E-state index >= 15 is 0 Å². The molecule has 0 bridgehead atoms. The summed E-state index contributed by atoms with van der Waals surface area (Å²) in [6.07, 6.45) is 3.80. The average Bonchev–Trinajstić information content (AvgIpc) is 2.97. The molecule has 1 aliphatic rings. The minimum Gasteiger partial charge on any atom is -0.465 e. The number of nitrogens with one attached hydrogen (secondary N) is 1. The van der Waals surface area contributed by atoms with Crippen molar-refractivity contribution in [3.8, 4) is 0 Å². The first-order valence-corrected chi connectivity index (χ1v) is 9.05. The van der Waals surface area contributed by atoms with E-state index in [0.717, 1.165) is 36.1 Å². The Morgan fingerprint density at radius 1 is 1.08 bits per heavy atom. The van der Waals surface area contributed by atoms with Crippen LogP contribution in [-0.2, 0) is 36.6 Å². The lowest BCUT2D eigenvalue weighted by molar-refractivity contribution is -0.145. The summed E-state index contributed by atoms with van der Waals surface area (Å²) in [5.74, 6) is -1.22. The largest absolute Gasteiger partial charge is 0.465 e. The van der Waals surface area contributed by atoms with E-state index in [2.05, 4.69) is 5.32 Å². The summed E-state index contributed by atoms with van der Waals surface area (Å²) in [4.78, 5) is 36.9. The number of hydrogen-bond acceptors (Lipinski definition) is 7. The summed E-state index contributed by atoms with van der Waals surface area (Å²) in [6.45, 7) is 0.488. The Morgan fingerprint density at radius 2 is 1.84 bits per heavy atom. The van der Waals surface area contributed by atoms with E-state index in [-0.39, 0.29) is 25.4 Å². The van der Waals surface area contributed by atoms with Gasteiger partial charge in [0, 0.05) is 18.4 Å². The average molecular weight is 369 g/mol. The van der Waals surface area contributed by atoms with Gasteiger partial charge in [-0.2, -0.15) is 0 Å². The molecule has 1 amide bonds. The zero-order valence-corrected chi connectivity index (χ0v) is 15.3. The Bertz CT molecular complexity index is 639. The molecule has 0 atom stereocenters. The van der Waals surface area contributed by atoms with Crippen molar-refractivity contribution in [1.29, 1.82) is 0 Å². The summed E-state index contributed by atoms with van der Waals surface area (Å²) < 4.78 is 14.6. The number of methoxy groups -OCH3 is 2. The summed E-state index contributed by atoms with van der Waals surface area (Å²) >= 11 is 1.42. The van der Waals surface area contributed by atoms with Crippen LogP contribution in [0.4, 0.5) is 5.00 Å². The summed E-state index contributed by atoms with van der Waals surface area (Å²) in [6, 6.07) is 0. The molecule has 0 saturated heterocycles. The molecular formula is C17H23NO6S. The number of anilines is 1. The Balaban J connectivity index is 1.97. The molecule has 1 aliphatic carbocycles. The predicted molar refractivity (Wildman–Crippen MR) is 93.0 cm³/mol. The number of hydrogen-bond donors (Lipinski definition) is 1. The number of rotatable bonds is 8. The van der Waals surface area contributed by atoms with Gasteiger partial charge in [-0.1, -0.05) is 0 Å². The zero-order chi connectivity index (χ0) is 18.2. The highest BCUT2D eigenvalue weighted by Crippen LogP contribution is 2.38. The molecule has 1 aromatic rings. The fraction of sp³-hybridized carbons (Fsp3) is 0.588. The van der Waals surface area contributed by atoms with Gasteiger partial charge in [0.25, 0.3) is 0 Å². The Morgan fingerprint density at radius 3 is 2.56 bits per heavy atom. The van der Waals surface area contributed by atoms with Crippen molar-refractivity contribution in [3.05, 3.63) is 16.0 Å². The quantitative estimate of drug-likeness (QED) is 0.559. The second kappa shape index (κ2) is 9.53. The maximum absolute atomic E-state index is 12.1. The van der Waals surface area contributed by atoms with Crippen LogP contribution in [-0.4, -0.2) is 45.3 Å². The molecule has 25 heavy (non-hydrogen) atoms. The Hall–Kier alpha value is -1.93. The summed E-state index contributed by atoms with van der Waals surface area (Å²) in [5.41, 5.74) is 1.44. The lowest BCUT2D eigenvalue weighted by Crippen LogP contribution is -2.17. The molecule has 0 radical (unpaired) electrons. The number of amides is 1. The van der Waals surface area contributed by atoms with Crippen molar-refractivity contribution >= 4 is 34.2 Å². The van der Waals surface area contributed by atoms with Gasteiger partial charge in [-0.3, -0.25) is 9.59 Å². The molecule has 0 spiro atoms. The number of carbonyl (C=O) groups excluding carboxylic acids is 3. The van der Waals surface area contributed by atoms with E-state index in [0.29, 0.717) is 17.2 Å². The highest BCUT2D eigenvalue weighted by molar-refractivity contribution is 7.17. The van der Waals surface area contributed by atoms with Crippen LogP contribution in [0.1, 0.15) is 46.5 Å². The van der Waals surface area contributed by atoms with Gasteiger partial charge in [-0.05, 0) is 31.2 Å². The second-order valence-corrected chi connectivity index (χ2v) is 6.77. The standard InChI is InChI=1S/C17H23NO6S/c1-22-9-10-24-14(20)8-7-13(19)18-16-15(17(21)23-2)11-5-3-4-6-12(11)25-16/h3-10H2,1-2H3,(H,18,19). The zero-order valence-electron chi connectivity index (χ0n) is 14.5. The molecule has 0 aromatic carbocycles. The van der Waals surface area contributed by atoms with Crippen molar-refractivity contribution in [1.82, 2.24) is 0 Å². The van der Waals surface area contributed by atoms with Gasteiger partial charge in [0.15, 0.2) is 0 Å². The van der Waals surface area contributed by atoms with E-state index in [1.807, 2.05) is 0 Å². The molecule has 0 fully saturated rings. The highest BCUT2D eigenvalue weighted by atomic mass is 32.1. The molecule has 1 aromatic heterocycles. The van der Waals surface area contributed by atoms with Gasteiger partial charge in [0.1, 0.15) is 11.6 Å². The number of fused-ring (bicyclic) bond motifs is 1. The van der Waals surface area contributed by atoms with Crippen molar-refractivity contribution in [3.63, 3.8) is 0 Å². The molecule has 2 rings (SSSR count). The third-order valence-electron chi connectivity index (χ3n) is 3.92. The van der Waals surface area contributed by atoms with Gasteiger partial charge in [0.05, 0.1) is 25.7 Å². The third kappa shape index (κ3) is 5.27. The summed E-state index contributed by atoms with van der Waals surface area (Å²) in [5, 5.41) is 3.26. The topological polar surface area (TPSA) is 90.9 Å². The van der Waals surface area contributed by atoms with E-state index in [9.17, 15) is 14.4 Å². The minimum absolute atomic E-state index is 0.00497. The van der Waals surface area contributed by atoms with Crippen molar-refractivity contribution in [2.45, 2.75) is 38.5 Å². The van der Waals surface area contributed by atoms with Crippen LogP contribution in [0.15, 0.2) is 0 Å². The number of esters is 2. The van der Waals surface area contributed by atoms with E-state index in [1.165, 1.54) is 25.6 Å². The van der Waals surface area contributed by atoms with Gasteiger partial charge in [0.2, 0.25) is 5.91 Å². The first-order chi connectivity index (χ1) is 12.1. The van der Waals surface area contributed by atoms with Gasteiger partial charge in [-0.25, -0.2) is 4.79 Å². The maximum atomic E-state index is 12.1. The van der Waals surface area contributed by atoms with Crippen molar-refractivity contribution < 1.29 is 28.6 Å². The molecule has 0 saturated carbocycles. The SMILES string of the molecule is COCCOC(=O)CCC(=O)Nc1sc2c(c1C(=O)OC)CCCC2. The fourth-order valence-corrected chi connectivity index (χ4v) is 3.98. The number of ether oxygens (including phenoxy) is 3. The molecule has 7 nitrogen and oxygen atoms in total. The number of aryl methyl sites for hydroxylation is 1. The normalized spacial score (nSPS) is 13.0. The van der Waals surface area contributed by atoms with Gasteiger partial charge < -0.3 is 19.5 Å². The fourth-order valence-electron chi connectivity index (χ4n) is 2.69. The molecule has 138 valence electrons. The van der Waals surface area contributed by atoms with E-state index in [1.54, 1.807) is 0 Å². The molecular weight excluding hydrogens is 346 g/mol. The minimum atomic E-state index is -0.453. The lowest BCUT2D eigenvalue weighted by Gasteiger charge is -2.11. The van der Waals surface area contributed by atoms with Crippen LogP contribution in [0.25, 0.3) is 0 Å². The Kier molecular flexibility index (Phi) is 7.39. The van der Waals surface area contributed by atoms with E-state index in [4.69, 9.17) is 14.2 Å². The van der Waals surface area contributed by atoms with Crippen LogP contribution in [0.2, 0.25) is 0 Å². The molecule has 0 unspecified atom stereocenters. The van der Waals surface area contributed by atoms with E-state index < -0.39 is 11.9 Å². The predicted octanol–water partition coefficient (Wildman–Crippen LogP) is 2.32.